The first-order valence-corrected chi connectivity index (χ1v) is 5.49. The van der Waals surface area contributed by atoms with E-state index < -0.39 is 0 Å². The van der Waals surface area contributed by atoms with E-state index >= 15 is 0 Å². The number of benzene rings is 1. The zero-order valence-corrected chi connectivity index (χ0v) is 9.40. The molecule has 2 heterocycles. The summed E-state index contributed by atoms with van der Waals surface area (Å²) in [6, 6.07) is 5.82. The largest absolute Gasteiger partial charge is 0.495 e. The maximum absolute atomic E-state index is 5.73. The number of ether oxygens (including phenoxy) is 2. The van der Waals surface area contributed by atoms with Gasteiger partial charge in [0.1, 0.15) is 5.75 Å². The number of methoxy groups -OCH3 is 1. The number of rotatable bonds is 2. The van der Waals surface area contributed by atoms with Crippen LogP contribution in [0.2, 0.25) is 0 Å². The molecule has 16 heavy (non-hydrogen) atoms. The molecule has 0 atom stereocenters. The highest BCUT2D eigenvalue weighted by atomic mass is 16.5. The van der Waals surface area contributed by atoms with Gasteiger partial charge in [-0.25, -0.2) is 0 Å². The zero-order valence-electron chi connectivity index (χ0n) is 9.40. The van der Waals surface area contributed by atoms with Gasteiger partial charge in [-0.1, -0.05) is 0 Å². The minimum atomic E-state index is 0.423. The van der Waals surface area contributed by atoms with E-state index in [9.17, 15) is 0 Å². The summed E-state index contributed by atoms with van der Waals surface area (Å²) in [6.07, 6.45) is 0. The monoisotopic (exact) mass is 220 g/mol. The first kappa shape index (κ1) is 9.78. The van der Waals surface area contributed by atoms with Gasteiger partial charge in [-0.3, -0.25) is 0 Å². The van der Waals surface area contributed by atoms with Crippen LogP contribution in [-0.4, -0.2) is 33.4 Å². The van der Waals surface area contributed by atoms with Gasteiger partial charge in [0.15, 0.2) is 0 Å². The van der Waals surface area contributed by atoms with Crippen LogP contribution in [0.15, 0.2) is 18.2 Å². The molecule has 0 bridgehead atoms. The van der Waals surface area contributed by atoms with Crippen LogP contribution in [0.25, 0.3) is 0 Å². The van der Waals surface area contributed by atoms with Gasteiger partial charge in [0, 0.05) is 24.8 Å². The summed E-state index contributed by atoms with van der Waals surface area (Å²) in [5.41, 5.74) is 8.03. The second-order valence-electron chi connectivity index (χ2n) is 4.78. The van der Waals surface area contributed by atoms with Gasteiger partial charge in [0.25, 0.3) is 0 Å². The third-order valence-corrected chi connectivity index (χ3v) is 3.41. The van der Waals surface area contributed by atoms with Crippen LogP contribution in [0.3, 0.4) is 0 Å². The molecule has 0 aromatic heterocycles. The van der Waals surface area contributed by atoms with Crippen molar-refractivity contribution >= 4 is 11.4 Å². The van der Waals surface area contributed by atoms with Crippen molar-refractivity contribution in [1.82, 2.24) is 0 Å². The molecule has 1 spiro atoms. The van der Waals surface area contributed by atoms with E-state index in [2.05, 4.69) is 4.90 Å². The fraction of sp³-hybridized carbons (Fsp3) is 0.500. The number of hydrogen-bond acceptors (Lipinski definition) is 4. The Bertz CT molecular complexity index is 407. The lowest BCUT2D eigenvalue weighted by Gasteiger charge is -2.56. The van der Waals surface area contributed by atoms with Crippen LogP contribution in [0.5, 0.6) is 5.75 Å². The molecular formula is C12H16N2O2. The van der Waals surface area contributed by atoms with Crippen LogP contribution >= 0.6 is 0 Å². The zero-order chi connectivity index (χ0) is 11.2. The Morgan fingerprint density at radius 2 is 2.12 bits per heavy atom. The molecule has 0 saturated carbocycles. The summed E-state index contributed by atoms with van der Waals surface area (Å²) < 4.78 is 10.6. The van der Waals surface area contributed by atoms with E-state index in [1.165, 1.54) is 0 Å². The number of hydrogen-bond donors (Lipinski definition) is 1. The average molecular weight is 220 g/mol. The number of nitrogen functional groups attached to an aromatic ring is 1. The van der Waals surface area contributed by atoms with Crippen LogP contribution in [0, 0.1) is 5.41 Å². The van der Waals surface area contributed by atoms with Crippen molar-refractivity contribution in [3.8, 4) is 5.75 Å². The summed E-state index contributed by atoms with van der Waals surface area (Å²) in [5.74, 6) is 0.857. The summed E-state index contributed by atoms with van der Waals surface area (Å²) in [4.78, 5) is 2.32. The molecule has 86 valence electrons. The molecule has 2 N–H and O–H groups in total. The maximum atomic E-state index is 5.73. The predicted octanol–water partition coefficient (Wildman–Crippen LogP) is 1.11. The second kappa shape index (κ2) is 3.28. The predicted molar refractivity (Wildman–Crippen MR) is 62.9 cm³/mol. The maximum Gasteiger partial charge on any atom is 0.144 e. The molecule has 1 aromatic carbocycles. The topological polar surface area (TPSA) is 47.7 Å². The molecule has 4 nitrogen and oxygen atoms in total. The molecule has 1 aromatic rings. The first-order valence-electron chi connectivity index (χ1n) is 5.49. The summed E-state index contributed by atoms with van der Waals surface area (Å²) in [7, 11) is 1.68. The Kier molecular flexibility index (Phi) is 2.01. The Morgan fingerprint density at radius 3 is 2.69 bits per heavy atom. The smallest absolute Gasteiger partial charge is 0.144 e. The minimum Gasteiger partial charge on any atom is -0.495 e. The van der Waals surface area contributed by atoms with E-state index in [1.807, 2.05) is 18.2 Å². The van der Waals surface area contributed by atoms with Crippen LogP contribution in [-0.2, 0) is 4.74 Å². The van der Waals surface area contributed by atoms with Crippen molar-refractivity contribution in [1.29, 1.82) is 0 Å². The van der Waals surface area contributed by atoms with E-state index in [4.69, 9.17) is 15.2 Å². The molecule has 2 saturated heterocycles. The fourth-order valence-electron chi connectivity index (χ4n) is 2.46. The van der Waals surface area contributed by atoms with Gasteiger partial charge < -0.3 is 20.1 Å². The van der Waals surface area contributed by atoms with E-state index in [-0.39, 0.29) is 0 Å². The SMILES string of the molecule is COc1cc(N)ccc1N1CC2(COC2)C1. The lowest BCUT2D eigenvalue weighted by atomic mass is 9.77. The fourth-order valence-corrected chi connectivity index (χ4v) is 2.46. The molecule has 2 aliphatic heterocycles. The summed E-state index contributed by atoms with van der Waals surface area (Å²) in [6.45, 7) is 3.93. The normalized spacial score (nSPS) is 21.4. The minimum absolute atomic E-state index is 0.423. The summed E-state index contributed by atoms with van der Waals surface area (Å²) >= 11 is 0. The molecule has 0 amide bonds. The van der Waals surface area contributed by atoms with Gasteiger partial charge in [0.2, 0.25) is 0 Å². The molecule has 0 aliphatic carbocycles. The highest BCUT2D eigenvalue weighted by Crippen LogP contribution is 2.43. The third-order valence-electron chi connectivity index (χ3n) is 3.41. The van der Waals surface area contributed by atoms with E-state index in [0.717, 1.165) is 43.4 Å². The molecule has 0 radical (unpaired) electrons. The van der Waals surface area contributed by atoms with Gasteiger partial charge in [-0.05, 0) is 12.1 Å². The highest BCUT2D eigenvalue weighted by Gasteiger charge is 2.49. The molecule has 2 aliphatic rings. The van der Waals surface area contributed by atoms with Crippen molar-refractivity contribution in [2.75, 3.05) is 44.0 Å². The van der Waals surface area contributed by atoms with Crippen LogP contribution < -0.4 is 15.4 Å². The third kappa shape index (κ3) is 1.33. The molecule has 3 rings (SSSR count). The van der Waals surface area contributed by atoms with Gasteiger partial charge in [-0.2, -0.15) is 0 Å². The van der Waals surface area contributed by atoms with Crippen LogP contribution in [0.4, 0.5) is 11.4 Å². The standard InChI is InChI=1S/C12H16N2O2/c1-15-11-4-9(13)2-3-10(11)14-5-12(6-14)7-16-8-12/h2-4H,5-8,13H2,1H3. The highest BCUT2D eigenvalue weighted by molar-refractivity contribution is 5.65. The summed E-state index contributed by atoms with van der Waals surface area (Å²) in [5, 5.41) is 0. The Balaban J connectivity index is 1.79. The van der Waals surface area contributed by atoms with E-state index in [1.54, 1.807) is 7.11 Å². The van der Waals surface area contributed by atoms with Crippen molar-refractivity contribution in [2.24, 2.45) is 5.41 Å². The number of nitrogens with two attached hydrogens (primary N) is 1. The van der Waals surface area contributed by atoms with E-state index in [0.29, 0.717) is 5.41 Å². The van der Waals surface area contributed by atoms with Crippen molar-refractivity contribution in [3.05, 3.63) is 18.2 Å². The Hall–Kier alpha value is -1.42. The number of nitrogens with zero attached hydrogens (tertiary/aromatic N) is 1. The quantitative estimate of drug-likeness (QED) is 0.759. The molecule has 2 fully saturated rings. The molecular weight excluding hydrogens is 204 g/mol. The Morgan fingerprint density at radius 1 is 1.38 bits per heavy atom. The first-order chi connectivity index (χ1) is 7.72. The van der Waals surface area contributed by atoms with Crippen molar-refractivity contribution in [3.63, 3.8) is 0 Å². The van der Waals surface area contributed by atoms with Gasteiger partial charge in [0.05, 0.1) is 31.4 Å². The van der Waals surface area contributed by atoms with Gasteiger partial charge in [-0.15, -0.1) is 0 Å². The average Bonchev–Trinajstić information content (AvgIpc) is 2.15. The second-order valence-corrected chi connectivity index (χ2v) is 4.78. The van der Waals surface area contributed by atoms with Crippen LogP contribution in [0.1, 0.15) is 0 Å². The molecule has 4 heteroatoms. The van der Waals surface area contributed by atoms with Crippen molar-refractivity contribution in [2.45, 2.75) is 0 Å². The van der Waals surface area contributed by atoms with Gasteiger partial charge >= 0.3 is 0 Å². The lowest BCUT2D eigenvalue weighted by Crippen LogP contribution is -2.66. The molecule has 0 unspecified atom stereocenters. The Labute approximate surface area is 94.9 Å². The lowest BCUT2D eigenvalue weighted by molar-refractivity contribution is -0.127. The van der Waals surface area contributed by atoms with Crippen molar-refractivity contribution < 1.29 is 9.47 Å². The number of anilines is 2.